The topological polar surface area (TPSA) is 29.5 Å². The minimum absolute atomic E-state index is 0.136. The third-order valence-electron chi connectivity index (χ3n) is 5.25. The molecule has 1 saturated heterocycles. The van der Waals surface area contributed by atoms with Crippen LogP contribution in [0.1, 0.15) is 116 Å². The Bertz CT molecular complexity index is 236. The standard InChI is InChI=1S/C21H42O2/c1-2-3-4-5-6-7-8-9-10-11-12-13-14-15-17-20(22)21-18-16-19-23-21/h20-22H,2-19H2,1H3. The van der Waals surface area contributed by atoms with E-state index in [1.807, 2.05) is 0 Å². The molecule has 0 saturated carbocycles. The van der Waals surface area contributed by atoms with E-state index in [1.54, 1.807) is 0 Å². The molecule has 0 bridgehead atoms. The van der Waals surface area contributed by atoms with Gasteiger partial charge in [-0.3, -0.25) is 0 Å². The molecular formula is C21H42O2. The molecule has 2 unspecified atom stereocenters. The van der Waals surface area contributed by atoms with Crippen molar-refractivity contribution in [2.45, 2.75) is 128 Å². The van der Waals surface area contributed by atoms with Gasteiger partial charge < -0.3 is 9.84 Å². The van der Waals surface area contributed by atoms with Crippen molar-refractivity contribution in [1.29, 1.82) is 0 Å². The van der Waals surface area contributed by atoms with Gasteiger partial charge in [0.25, 0.3) is 0 Å². The molecule has 0 radical (unpaired) electrons. The second kappa shape index (κ2) is 15.4. The SMILES string of the molecule is CCCCCCCCCCCCCCCCC(O)C1CCCO1. The van der Waals surface area contributed by atoms with Gasteiger partial charge in [-0.15, -0.1) is 0 Å². The van der Waals surface area contributed by atoms with Crippen molar-refractivity contribution < 1.29 is 9.84 Å². The molecule has 2 atom stereocenters. The Morgan fingerprint density at radius 1 is 0.783 bits per heavy atom. The molecule has 0 aromatic heterocycles. The van der Waals surface area contributed by atoms with Gasteiger partial charge in [0.05, 0.1) is 12.2 Å². The zero-order valence-electron chi connectivity index (χ0n) is 15.7. The zero-order chi connectivity index (χ0) is 16.6. The Labute approximate surface area is 145 Å². The average Bonchev–Trinajstić information content (AvgIpc) is 3.09. The maximum atomic E-state index is 10.0. The molecule has 1 aliphatic rings. The van der Waals surface area contributed by atoms with Crippen molar-refractivity contribution in [1.82, 2.24) is 0 Å². The van der Waals surface area contributed by atoms with Crippen molar-refractivity contribution in [3.05, 3.63) is 0 Å². The Morgan fingerprint density at radius 3 is 1.70 bits per heavy atom. The number of aliphatic hydroxyl groups is 1. The minimum Gasteiger partial charge on any atom is -0.390 e. The van der Waals surface area contributed by atoms with Gasteiger partial charge in [-0.05, 0) is 19.3 Å². The molecule has 138 valence electrons. The van der Waals surface area contributed by atoms with Crippen molar-refractivity contribution in [3.63, 3.8) is 0 Å². The molecule has 0 amide bonds. The summed E-state index contributed by atoms with van der Waals surface area (Å²) in [6.07, 6.45) is 22.5. The third-order valence-corrected chi connectivity index (χ3v) is 5.25. The van der Waals surface area contributed by atoms with E-state index in [4.69, 9.17) is 4.74 Å². The molecule has 2 nitrogen and oxygen atoms in total. The first kappa shape index (κ1) is 21.0. The zero-order valence-corrected chi connectivity index (χ0v) is 15.7. The molecule has 0 aliphatic carbocycles. The molecule has 2 heteroatoms. The first-order chi connectivity index (χ1) is 11.3. The molecule has 1 N–H and O–H groups in total. The van der Waals surface area contributed by atoms with Gasteiger partial charge in [-0.25, -0.2) is 0 Å². The van der Waals surface area contributed by atoms with Crippen LogP contribution in [-0.2, 0) is 4.74 Å². The van der Waals surface area contributed by atoms with Crippen LogP contribution >= 0.6 is 0 Å². The first-order valence-corrected chi connectivity index (χ1v) is 10.6. The predicted octanol–water partition coefficient (Wildman–Crippen LogP) is 6.40. The van der Waals surface area contributed by atoms with Crippen molar-refractivity contribution >= 4 is 0 Å². The fraction of sp³-hybridized carbons (Fsp3) is 1.00. The number of aliphatic hydroxyl groups excluding tert-OH is 1. The van der Waals surface area contributed by atoms with E-state index < -0.39 is 0 Å². The van der Waals surface area contributed by atoms with Crippen LogP contribution in [0.3, 0.4) is 0 Å². The lowest BCUT2D eigenvalue weighted by Gasteiger charge is -2.16. The highest BCUT2D eigenvalue weighted by molar-refractivity contribution is 4.73. The summed E-state index contributed by atoms with van der Waals surface area (Å²) in [6.45, 7) is 3.13. The van der Waals surface area contributed by atoms with E-state index in [0.29, 0.717) is 0 Å². The molecule has 0 spiro atoms. The van der Waals surface area contributed by atoms with Gasteiger partial charge in [0, 0.05) is 6.61 Å². The predicted molar refractivity (Wildman–Crippen MR) is 99.9 cm³/mol. The van der Waals surface area contributed by atoms with E-state index in [2.05, 4.69) is 6.92 Å². The van der Waals surface area contributed by atoms with Crippen LogP contribution in [0.15, 0.2) is 0 Å². The summed E-state index contributed by atoms with van der Waals surface area (Å²) >= 11 is 0. The van der Waals surface area contributed by atoms with Gasteiger partial charge >= 0.3 is 0 Å². The highest BCUT2D eigenvalue weighted by Gasteiger charge is 2.23. The van der Waals surface area contributed by atoms with Crippen LogP contribution in [0, 0.1) is 0 Å². The molecule has 0 aromatic rings. The second-order valence-electron chi connectivity index (χ2n) is 7.50. The van der Waals surface area contributed by atoms with E-state index >= 15 is 0 Å². The normalized spacial score (nSPS) is 19.3. The summed E-state index contributed by atoms with van der Waals surface area (Å²) in [5.41, 5.74) is 0. The van der Waals surface area contributed by atoms with Crippen LogP contribution in [0.4, 0.5) is 0 Å². The van der Waals surface area contributed by atoms with Crippen LogP contribution in [0.5, 0.6) is 0 Å². The summed E-state index contributed by atoms with van der Waals surface area (Å²) in [7, 11) is 0. The Kier molecular flexibility index (Phi) is 14.1. The summed E-state index contributed by atoms with van der Waals surface area (Å²) in [6, 6.07) is 0. The van der Waals surface area contributed by atoms with Crippen LogP contribution in [0.25, 0.3) is 0 Å². The maximum absolute atomic E-state index is 10.0. The number of hydrogen-bond acceptors (Lipinski definition) is 2. The van der Waals surface area contributed by atoms with E-state index in [-0.39, 0.29) is 12.2 Å². The smallest absolute Gasteiger partial charge is 0.0834 e. The van der Waals surface area contributed by atoms with Gasteiger partial charge in [0.2, 0.25) is 0 Å². The fourth-order valence-corrected chi connectivity index (χ4v) is 3.64. The summed E-state index contributed by atoms with van der Waals surface area (Å²) in [4.78, 5) is 0. The molecule has 23 heavy (non-hydrogen) atoms. The van der Waals surface area contributed by atoms with Gasteiger partial charge in [0.1, 0.15) is 0 Å². The lowest BCUT2D eigenvalue weighted by molar-refractivity contribution is -0.00636. The monoisotopic (exact) mass is 326 g/mol. The van der Waals surface area contributed by atoms with Crippen molar-refractivity contribution in [2.75, 3.05) is 6.61 Å². The molecule has 1 aliphatic heterocycles. The Hall–Kier alpha value is -0.0800. The number of hydrogen-bond donors (Lipinski definition) is 1. The van der Waals surface area contributed by atoms with Crippen LogP contribution in [0.2, 0.25) is 0 Å². The molecule has 0 aromatic carbocycles. The minimum atomic E-state index is -0.213. The van der Waals surface area contributed by atoms with E-state index in [1.165, 1.54) is 89.9 Å². The van der Waals surface area contributed by atoms with Crippen molar-refractivity contribution in [3.8, 4) is 0 Å². The second-order valence-corrected chi connectivity index (χ2v) is 7.50. The quantitative estimate of drug-likeness (QED) is 0.333. The molecular weight excluding hydrogens is 284 g/mol. The Morgan fingerprint density at radius 2 is 1.26 bits per heavy atom. The van der Waals surface area contributed by atoms with Crippen LogP contribution in [-0.4, -0.2) is 23.9 Å². The number of ether oxygens (including phenoxy) is 1. The molecule has 1 heterocycles. The summed E-state index contributed by atoms with van der Waals surface area (Å²) < 4.78 is 5.53. The highest BCUT2D eigenvalue weighted by Crippen LogP contribution is 2.20. The van der Waals surface area contributed by atoms with E-state index in [9.17, 15) is 5.11 Å². The Balaban J connectivity index is 1.71. The molecule has 1 fully saturated rings. The average molecular weight is 327 g/mol. The molecule has 1 rings (SSSR count). The van der Waals surface area contributed by atoms with E-state index in [0.717, 1.165) is 25.9 Å². The largest absolute Gasteiger partial charge is 0.390 e. The maximum Gasteiger partial charge on any atom is 0.0834 e. The van der Waals surface area contributed by atoms with Crippen LogP contribution < -0.4 is 0 Å². The lowest BCUT2D eigenvalue weighted by Crippen LogP contribution is -2.24. The van der Waals surface area contributed by atoms with Gasteiger partial charge in [-0.1, -0.05) is 96.8 Å². The summed E-state index contributed by atoms with van der Waals surface area (Å²) in [5, 5.41) is 10.0. The number of unbranched alkanes of at least 4 members (excludes halogenated alkanes) is 13. The van der Waals surface area contributed by atoms with Gasteiger partial charge in [-0.2, -0.15) is 0 Å². The number of rotatable bonds is 16. The van der Waals surface area contributed by atoms with Gasteiger partial charge in [0.15, 0.2) is 0 Å². The fourth-order valence-electron chi connectivity index (χ4n) is 3.64. The van der Waals surface area contributed by atoms with Crippen molar-refractivity contribution in [2.24, 2.45) is 0 Å². The summed E-state index contributed by atoms with van der Waals surface area (Å²) in [5.74, 6) is 0. The third kappa shape index (κ3) is 12.0. The lowest BCUT2D eigenvalue weighted by atomic mass is 10.0. The highest BCUT2D eigenvalue weighted by atomic mass is 16.5. The first-order valence-electron chi connectivity index (χ1n) is 10.6.